The van der Waals surface area contributed by atoms with Crippen molar-refractivity contribution in [1.82, 2.24) is 5.32 Å². The molecule has 0 aliphatic carbocycles. The zero-order chi connectivity index (χ0) is 16.3. The molecule has 1 rings (SSSR count). The van der Waals surface area contributed by atoms with Crippen molar-refractivity contribution in [2.75, 3.05) is 20.3 Å². The van der Waals surface area contributed by atoms with Gasteiger partial charge in [-0.3, -0.25) is 0 Å². The maximum Gasteiger partial charge on any atom is 0.416 e. The highest BCUT2D eigenvalue weighted by atomic mass is 19.4. The quantitative estimate of drug-likeness (QED) is 0.833. The van der Waals surface area contributed by atoms with Gasteiger partial charge >= 0.3 is 12.4 Å². The van der Waals surface area contributed by atoms with Gasteiger partial charge < -0.3 is 10.1 Å². The van der Waals surface area contributed by atoms with Crippen molar-refractivity contribution in [2.24, 2.45) is 0 Å². The highest BCUT2D eigenvalue weighted by molar-refractivity contribution is 5.34. The molecule has 1 N–H and O–H groups in total. The molecule has 1 atom stereocenters. The molecule has 0 amide bonds. The lowest BCUT2D eigenvalue weighted by Gasteiger charge is -2.20. The Morgan fingerprint density at radius 1 is 1.14 bits per heavy atom. The van der Waals surface area contributed by atoms with E-state index in [4.69, 9.17) is 0 Å². The number of hydrogen-bond acceptors (Lipinski definition) is 2. The molecule has 120 valence electrons. The van der Waals surface area contributed by atoms with Crippen LogP contribution in [0.15, 0.2) is 18.2 Å². The first-order valence-corrected chi connectivity index (χ1v) is 6.04. The van der Waals surface area contributed by atoms with Crippen molar-refractivity contribution in [1.29, 1.82) is 0 Å². The van der Waals surface area contributed by atoms with Gasteiger partial charge in [0, 0.05) is 0 Å². The average molecular weight is 315 g/mol. The van der Waals surface area contributed by atoms with Crippen molar-refractivity contribution in [3.05, 3.63) is 34.9 Å². The average Bonchev–Trinajstić information content (AvgIpc) is 2.33. The van der Waals surface area contributed by atoms with Gasteiger partial charge in [0.2, 0.25) is 0 Å². The van der Waals surface area contributed by atoms with E-state index in [0.29, 0.717) is 11.1 Å². The van der Waals surface area contributed by atoms with E-state index >= 15 is 0 Å². The zero-order valence-electron chi connectivity index (χ0n) is 11.4. The summed E-state index contributed by atoms with van der Waals surface area (Å²) in [5, 5.41) is 2.73. The fourth-order valence-corrected chi connectivity index (χ4v) is 1.86. The van der Waals surface area contributed by atoms with Crippen molar-refractivity contribution in [3.63, 3.8) is 0 Å². The molecule has 21 heavy (non-hydrogen) atoms. The van der Waals surface area contributed by atoms with Crippen molar-refractivity contribution in [2.45, 2.75) is 25.3 Å². The molecule has 8 heteroatoms. The predicted molar refractivity (Wildman–Crippen MR) is 64.9 cm³/mol. The first kappa shape index (κ1) is 17.8. The van der Waals surface area contributed by atoms with Crippen LogP contribution in [0.4, 0.5) is 26.3 Å². The first-order chi connectivity index (χ1) is 9.54. The van der Waals surface area contributed by atoms with Gasteiger partial charge in [-0.25, -0.2) is 0 Å². The molecule has 0 saturated carbocycles. The topological polar surface area (TPSA) is 21.3 Å². The van der Waals surface area contributed by atoms with E-state index in [2.05, 4.69) is 10.1 Å². The van der Waals surface area contributed by atoms with Crippen LogP contribution in [0.3, 0.4) is 0 Å². The van der Waals surface area contributed by atoms with E-state index in [1.807, 2.05) is 0 Å². The molecule has 0 fully saturated rings. The van der Waals surface area contributed by atoms with Gasteiger partial charge in [0.05, 0.1) is 18.2 Å². The first-order valence-electron chi connectivity index (χ1n) is 6.04. The third kappa shape index (κ3) is 5.55. The molecule has 0 radical (unpaired) electrons. The highest BCUT2D eigenvalue weighted by Gasteiger charge is 2.31. The smallest absolute Gasteiger partial charge is 0.370 e. The largest absolute Gasteiger partial charge is 0.416 e. The molecule has 0 aliphatic rings. The minimum absolute atomic E-state index is 0.289. The molecule has 1 aromatic rings. The number of halogens is 6. The van der Waals surface area contributed by atoms with Crippen LogP contribution in [0.1, 0.15) is 22.7 Å². The van der Waals surface area contributed by atoms with Crippen LogP contribution in [0.25, 0.3) is 0 Å². The second-order valence-corrected chi connectivity index (χ2v) is 4.54. The number of alkyl halides is 6. The van der Waals surface area contributed by atoms with Gasteiger partial charge in [-0.1, -0.05) is 6.07 Å². The SMILES string of the molecule is CNC(COCC(F)(F)F)c1ccc(C(F)(F)F)cc1C. The number of benzene rings is 1. The van der Waals surface area contributed by atoms with Crippen LogP contribution in [-0.4, -0.2) is 26.4 Å². The Morgan fingerprint density at radius 2 is 1.76 bits per heavy atom. The zero-order valence-corrected chi connectivity index (χ0v) is 11.4. The summed E-state index contributed by atoms with van der Waals surface area (Å²) in [6.45, 7) is -0.217. The van der Waals surface area contributed by atoms with E-state index < -0.39 is 30.6 Å². The molecular formula is C13H15F6NO. The summed E-state index contributed by atoms with van der Waals surface area (Å²) in [6.07, 6.45) is -8.89. The number of aryl methyl sites for hydroxylation is 1. The Hall–Kier alpha value is -1.28. The summed E-state index contributed by atoms with van der Waals surface area (Å²) in [4.78, 5) is 0. The van der Waals surface area contributed by atoms with Crippen molar-refractivity contribution in [3.8, 4) is 0 Å². The lowest BCUT2D eigenvalue weighted by Crippen LogP contribution is -2.26. The lowest BCUT2D eigenvalue weighted by molar-refractivity contribution is -0.175. The standard InChI is InChI=1S/C13H15F6NO/c1-8-5-9(13(17,18)19)3-4-10(8)11(20-2)6-21-7-12(14,15)16/h3-5,11,20H,6-7H2,1-2H3. The summed E-state index contributed by atoms with van der Waals surface area (Å²) >= 11 is 0. The summed E-state index contributed by atoms with van der Waals surface area (Å²) in [5.41, 5.74) is 0.00210. The van der Waals surface area contributed by atoms with Gasteiger partial charge in [0.1, 0.15) is 6.61 Å². The molecule has 0 spiro atoms. The van der Waals surface area contributed by atoms with E-state index in [-0.39, 0.29) is 6.61 Å². The summed E-state index contributed by atoms with van der Waals surface area (Å²) in [5.74, 6) is 0. The fourth-order valence-electron chi connectivity index (χ4n) is 1.86. The Kier molecular flexibility index (Phi) is 5.63. The predicted octanol–water partition coefficient (Wildman–Crippen LogP) is 3.85. The Morgan fingerprint density at radius 3 is 2.19 bits per heavy atom. The minimum Gasteiger partial charge on any atom is -0.370 e. The second-order valence-electron chi connectivity index (χ2n) is 4.54. The van der Waals surface area contributed by atoms with Crippen LogP contribution in [-0.2, 0) is 10.9 Å². The minimum atomic E-state index is -4.45. The second kappa shape index (κ2) is 6.65. The normalized spacial score (nSPS) is 14.3. The Balaban J connectivity index is 2.82. The number of likely N-dealkylation sites (N-methyl/N-ethyl adjacent to an activating group) is 1. The van der Waals surface area contributed by atoms with E-state index in [0.717, 1.165) is 12.1 Å². The van der Waals surface area contributed by atoms with Gasteiger partial charge in [-0.2, -0.15) is 26.3 Å². The van der Waals surface area contributed by atoms with Crippen LogP contribution in [0.5, 0.6) is 0 Å². The Bertz CT molecular complexity index is 469. The third-order valence-electron chi connectivity index (χ3n) is 2.87. The number of rotatable bonds is 5. The molecule has 2 nitrogen and oxygen atoms in total. The molecule has 1 unspecified atom stereocenters. The fraction of sp³-hybridized carbons (Fsp3) is 0.538. The number of nitrogens with one attached hydrogen (secondary N) is 1. The monoisotopic (exact) mass is 315 g/mol. The maximum absolute atomic E-state index is 12.6. The van der Waals surface area contributed by atoms with Crippen LogP contribution in [0, 0.1) is 6.92 Å². The van der Waals surface area contributed by atoms with E-state index in [1.54, 1.807) is 0 Å². The molecule has 1 aromatic carbocycles. The van der Waals surface area contributed by atoms with Crippen LogP contribution >= 0.6 is 0 Å². The lowest BCUT2D eigenvalue weighted by atomic mass is 9.99. The molecule has 0 aromatic heterocycles. The van der Waals surface area contributed by atoms with Crippen molar-refractivity contribution < 1.29 is 31.1 Å². The van der Waals surface area contributed by atoms with Gasteiger partial charge in [0.25, 0.3) is 0 Å². The molecule has 0 saturated heterocycles. The van der Waals surface area contributed by atoms with Gasteiger partial charge in [-0.15, -0.1) is 0 Å². The number of hydrogen-bond donors (Lipinski definition) is 1. The van der Waals surface area contributed by atoms with Crippen LogP contribution < -0.4 is 5.32 Å². The summed E-state index contributed by atoms with van der Waals surface area (Å²) in [6, 6.07) is 2.49. The summed E-state index contributed by atoms with van der Waals surface area (Å²) in [7, 11) is 1.50. The summed E-state index contributed by atoms with van der Waals surface area (Å²) < 4.78 is 78.2. The van der Waals surface area contributed by atoms with Crippen LogP contribution in [0.2, 0.25) is 0 Å². The number of ether oxygens (including phenoxy) is 1. The van der Waals surface area contributed by atoms with E-state index in [1.165, 1.54) is 20.0 Å². The highest BCUT2D eigenvalue weighted by Crippen LogP contribution is 2.31. The van der Waals surface area contributed by atoms with Gasteiger partial charge in [0.15, 0.2) is 0 Å². The molecule has 0 aliphatic heterocycles. The third-order valence-corrected chi connectivity index (χ3v) is 2.87. The van der Waals surface area contributed by atoms with E-state index in [9.17, 15) is 26.3 Å². The molecular weight excluding hydrogens is 300 g/mol. The molecule has 0 heterocycles. The van der Waals surface area contributed by atoms with Crippen molar-refractivity contribution >= 4 is 0 Å². The Labute approximate surface area is 118 Å². The van der Waals surface area contributed by atoms with Gasteiger partial charge in [-0.05, 0) is 37.2 Å². The maximum atomic E-state index is 12.6. The molecule has 0 bridgehead atoms.